The minimum Gasteiger partial charge on any atom is -0.497 e. The second kappa shape index (κ2) is 7.01. The molecule has 0 spiro atoms. The van der Waals surface area contributed by atoms with Crippen LogP contribution in [0.3, 0.4) is 0 Å². The first-order valence-electron chi connectivity index (χ1n) is 7.59. The Kier molecular flexibility index (Phi) is 4.62. The lowest BCUT2D eigenvalue weighted by Gasteiger charge is -2.05. The molecule has 3 rings (SSSR count). The number of carbonyl (C=O) groups excluding carboxylic acids is 1. The number of methoxy groups -OCH3 is 1. The number of hydrogen-bond acceptors (Lipinski definition) is 3. The fourth-order valence-corrected chi connectivity index (χ4v) is 2.51. The van der Waals surface area contributed by atoms with Gasteiger partial charge in [0.1, 0.15) is 11.5 Å². The van der Waals surface area contributed by atoms with Crippen molar-refractivity contribution in [2.75, 3.05) is 13.7 Å². The van der Waals surface area contributed by atoms with Gasteiger partial charge >= 0.3 is 0 Å². The lowest BCUT2D eigenvalue weighted by atomic mass is 10.1. The van der Waals surface area contributed by atoms with Gasteiger partial charge in [0.15, 0.2) is 0 Å². The third kappa shape index (κ3) is 3.92. The fraction of sp³-hybridized carbons (Fsp3) is 0.211. The minimum atomic E-state index is -0.121. The highest BCUT2D eigenvalue weighted by Crippen LogP contribution is 2.26. The molecule has 2 aromatic carbocycles. The van der Waals surface area contributed by atoms with Crippen molar-refractivity contribution in [1.29, 1.82) is 0 Å². The lowest BCUT2D eigenvalue weighted by Crippen LogP contribution is -2.20. The molecular weight excluding hydrogens is 290 g/mol. The van der Waals surface area contributed by atoms with E-state index in [9.17, 15) is 4.79 Å². The van der Waals surface area contributed by atoms with Crippen molar-refractivity contribution < 1.29 is 14.3 Å². The first-order chi connectivity index (χ1) is 11.2. The molecule has 1 amide bonds. The molecule has 0 radical (unpaired) electrons. The van der Waals surface area contributed by atoms with E-state index in [0.29, 0.717) is 6.54 Å². The predicted molar refractivity (Wildman–Crippen MR) is 89.5 cm³/mol. The highest BCUT2D eigenvalue weighted by Gasteiger charge is 2.11. The van der Waals surface area contributed by atoms with E-state index in [4.69, 9.17) is 9.47 Å². The topological polar surface area (TPSA) is 47.6 Å². The third-order valence-corrected chi connectivity index (χ3v) is 3.74. The van der Waals surface area contributed by atoms with Gasteiger partial charge in [0.2, 0.25) is 5.91 Å². The highest BCUT2D eigenvalue weighted by molar-refractivity contribution is 5.91. The van der Waals surface area contributed by atoms with Crippen LogP contribution in [0, 0.1) is 0 Å². The van der Waals surface area contributed by atoms with E-state index in [2.05, 4.69) is 11.4 Å². The highest BCUT2D eigenvalue weighted by atomic mass is 16.5. The third-order valence-electron chi connectivity index (χ3n) is 3.74. The van der Waals surface area contributed by atoms with Crippen LogP contribution in [-0.2, 0) is 17.8 Å². The van der Waals surface area contributed by atoms with Crippen LogP contribution in [0.2, 0.25) is 0 Å². The molecule has 23 heavy (non-hydrogen) atoms. The zero-order chi connectivity index (χ0) is 16.1. The van der Waals surface area contributed by atoms with Gasteiger partial charge in [-0.2, -0.15) is 0 Å². The molecule has 2 aromatic rings. The average molecular weight is 309 g/mol. The maximum Gasteiger partial charge on any atom is 0.244 e. The first-order valence-corrected chi connectivity index (χ1v) is 7.59. The number of nitrogens with one attached hydrogen (secondary N) is 1. The largest absolute Gasteiger partial charge is 0.497 e. The Bertz CT molecular complexity index is 737. The summed E-state index contributed by atoms with van der Waals surface area (Å²) >= 11 is 0. The summed E-state index contributed by atoms with van der Waals surface area (Å²) in [7, 11) is 1.63. The van der Waals surface area contributed by atoms with Gasteiger partial charge in [-0.15, -0.1) is 0 Å². The molecule has 0 aliphatic carbocycles. The van der Waals surface area contributed by atoms with Gasteiger partial charge in [0, 0.05) is 19.0 Å². The SMILES string of the molecule is COc1cccc(CNC(=O)/C=C/c2ccc3c(c2)CCO3)c1. The van der Waals surface area contributed by atoms with Crippen LogP contribution >= 0.6 is 0 Å². The van der Waals surface area contributed by atoms with Crippen molar-refractivity contribution in [3.63, 3.8) is 0 Å². The van der Waals surface area contributed by atoms with Crippen molar-refractivity contribution in [1.82, 2.24) is 5.32 Å². The minimum absolute atomic E-state index is 0.121. The molecule has 1 aliphatic rings. The van der Waals surface area contributed by atoms with E-state index in [1.54, 1.807) is 13.2 Å². The molecule has 0 fully saturated rings. The van der Waals surface area contributed by atoms with E-state index in [1.165, 1.54) is 5.56 Å². The molecule has 0 atom stereocenters. The van der Waals surface area contributed by atoms with Crippen LogP contribution in [0.25, 0.3) is 6.08 Å². The average Bonchev–Trinajstić information content (AvgIpc) is 3.06. The summed E-state index contributed by atoms with van der Waals surface area (Å²) < 4.78 is 10.6. The monoisotopic (exact) mass is 309 g/mol. The first kappa shape index (κ1) is 15.2. The van der Waals surface area contributed by atoms with Crippen molar-refractivity contribution in [2.24, 2.45) is 0 Å². The Labute approximate surface area is 135 Å². The van der Waals surface area contributed by atoms with Gasteiger partial charge < -0.3 is 14.8 Å². The van der Waals surface area contributed by atoms with Crippen LogP contribution in [0.1, 0.15) is 16.7 Å². The fourth-order valence-electron chi connectivity index (χ4n) is 2.51. The molecule has 1 heterocycles. The smallest absolute Gasteiger partial charge is 0.244 e. The van der Waals surface area contributed by atoms with Gasteiger partial charge in [-0.25, -0.2) is 0 Å². The number of hydrogen-bond donors (Lipinski definition) is 1. The summed E-state index contributed by atoms with van der Waals surface area (Å²) in [6.07, 6.45) is 4.30. The molecule has 0 saturated carbocycles. The molecule has 0 bridgehead atoms. The number of rotatable bonds is 5. The Morgan fingerprint density at radius 3 is 3.09 bits per heavy atom. The lowest BCUT2D eigenvalue weighted by molar-refractivity contribution is -0.116. The number of carbonyl (C=O) groups is 1. The van der Waals surface area contributed by atoms with Gasteiger partial charge in [-0.05, 0) is 47.0 Å². The van der Waals surface area contributed by atoms with Crippen LogP contribution in [-0.4, -0.2) is 19.6 Å². The van der Waals surface area contributed by atoms with Crippen LogP contribution in [0.5, 0.6) is 11.5 Å². The maximum absolute atomic E-state index is 11.9. The molecular formula is C19H19NO3. The molecule has 4 heteroatoms. The van der Waals surface area contributed by atoms with E-state index in [1.807, 2.05) is 42.5 Å². The predicted octanol–water partition coefficient (Wildman–Crippen LogP) is 2.96. The summed E-state index contributed by atoms with van der Waals surface area (Å²) in [6.45, 7) is 1.21. The molecule has 0 aromatic heterocycles. The molecule has 4 nitrogen and oxygen atoms in total. The second-order valence-electron chi connectivity index (χ2n) is 5.37. The number of ether oxygens (including phenoxy) is 2. The summed E-state index contributed by atoms with van der Waals surface area (Å²) in [5, 5.41) is 2.87. The summed E-state index contributed by atoms with van der Waals surface area (Å²) in [5.41, 5.74) is 3.20. The van der Waals surface area contributed by atoms with Crippen molar-refractivity contribution in [3.8, 4) is 11.5 Å². The van der Waals surface area contributed by atoms with E-state index in [0.717, 1.165) is 35.7 Å². The van der Waals surface area contributed by atoms with Crippen LogP contribution < -0.4 is 14.8 Å². The summed E-state index contributed by atoms with van der Waals surface area (Å²) in [5.74, 6) is 1.61. The number of benzene rings is 2. The zero-order valence-electron chi connectivity index (χ0n) is 13.0. The van der Waals surface area contributed by atoms with Crippen molar-refractivity contribution in [2.45, 2.75) is 13.0 Å². The quantitative estimate of drug-likeness (QED) is 0.864. The van der Waals surface area contributed by atoms with Gasteiger partial charge in [0.05, 0.1) is 13.7 Å². The maximum atomic E-state index is 11.9. The van der Waals surface area contributed by atoms with Gasteiger partial charge in [-0.3, -0.25) is 4.79 Å². The number of fused-ring (bicyclic) bond motifs is 1. The molecule has 0 unspecified atom stereocenters. The number of amides is 1. The Morgan fingerprint density at radius 2 is 2.22 bits per heavy atom. The Hall–Kier alpha value is -2.75. The molecule has 118 valence electrons. The van der Waals surface area contributed by atoms with E-state index >= 15 is 0 Å². The van der Waals surface area contributed by atoms with E-state index < -0.39 is 0 Å². The van der Waals surface area contributed by atoms with Gasteiger partial charge in [0.25, 0.3) is 0 Å². The summed E-state index contributed by atoms with van der Waals surface area (Å²) in [6, 6.07) is 13.6. The standard InChI is InChI=1S/C19H19NO3/c1-22-17-4-2-3-15(12-17)13-20-19(21)8-6-14-5-7-18-16(11-14)9-10-23-18/h2-8,11-12H,9-10,13H2,1H3,(H,20,21)/b8-6+. The van der Waals surface area contributed by atoms with Crippen LogP contribution in [0.15, 0.2) is 48.5 Å². The molecule has 0 saturated heterocycles. The van der Waals surface area contributed by atoms with Crippen molar-refractivity contribution >= 4 is 12.0 Å². The molecule has 1 N–H and O–H groups in total. The Morgan fingerprint density at radius 1 is 1.30 bits per heavy atom. The zero-order valence-corrected chi connectivity index (χ0v) is 13.0. The van der Waals surface area contributed by atoms with Crippen molar-refractivity contribution in [3.05, 3.63) is 65.2 Å². The van der Waals surface area contributed by atoms with Gasteiger partial charge in [-0.1, -0.05) is 18.2 Å². The van der Waals surface area contributed by atoms with Crippen LogP contribution in [0.4, 0.5) is 0 Å². The second-order valence-corrected chi connectivity index (χ2v) is 5.37. The Balaban J connectivity index is 1.56. The molecule has 1 aliphatic heterocycles. The normalized spacial score (nSPS) is 12.7. The van der Waals surface area contributed by atoms with E-state index in [-0.39, 0.29) is 5.91 Å². The summed E-state index contributed by atoms with van der Waals surface area (Å²) in [4.78, 5) is 11.9.